The maximum absolute atomic E-state index is 12.3. The normalized spacial score (nSPS) is 10.7. The van der Waals surface area contributed by atoms with Gasteiger partial charge in [0.15, 0.2) is 6.61 Å². The van der Waals surface area contributed by atoms with Crippen molar-refractivity contribution in [3.63, 3.8) is 0 Å². The van der Waals surface area contributed by atoms with Gasteiger partial charge >= 0.3 is 5.97 Å². The van der Waals surface area contributed by atoms with Crippen LogP contribution in [0.3, 0.4) is 0 Å². The number of aryl methyl sites for hydroxylation is 2. The van der Waals surface area contributed by atoms with Crippen molar-refractivity contribution in [2.24, 2.45) is 0 Å². The van der Waals surface area contributed by atoms with Crippen LogP contribution in [0.25, 0.3) is 0 Å². The van der Waals surface area contributed by atoms with Crippen LogP contribution >= 0.6 is 11.6 Å². The molecule has 0 saturated heterocycles. The Morgan fingerprint density at radius 2 is 1.61 bits per heavy atom. The van der Waals surface area contributed by atoms with Crippen LogP contribution in [0.1, 0.15) is 55.7 Å². The maximum atomic E-state index is 12.3. The number of ether oxygens (including phenoxy) is 2. The number of carbonyl (C=O) groups is 3. The Morgan fingerprint density at radius 1 is 0.868 bits per heavy atom. The van der Waals surface area contributed by atoms with Crippen LogP contribution in [0.2, 0.25) is 5.02 Å². The summed E-state index contributed by atoms with van der Waals surface area (Å²) in [6.45, 7) is 7.69. The molecule has 0 saturated carbocycles. The number of esters is 1. The second-order valence-electron chi connectivity index (χ2n) is 9.39. The van der Waals surface area contributed by atoms with E-state index in [-0.39, 0.29) is 18.7 Å². The molecule has 0 aliphatic rings. The Labute approximate surface area is 228 Å². The molecule has 0 bridgehead atoms. The smallest absolute Gasteiger partial charge is 0.306 e. The van der Waals surface area contributed by atoms with Gasteiger partial charge in [0.1, 0.15) is 11.5 Å². The molecule has 8 heteroatoms. The molecule has 0 aliphatic carbocycles. The number of benzene rings is 3. The van der Waals surface area contributed by atoms with E-state index in [0.717, 1.165) is 22.4 Å². The van der Waals surface area contributed by atoms with Crippen LogP contribution in [0, 0.1) is 13.8 Å². The summed E-state index contributed by atoms with van der Waals surface area (Å²) in [4.78, 5) is 36.3. The highest BCUT2D eigenvalue weighted by Gasteiger charge is 2.12. The first-order valence-electron chi connectivity index (χ1n) is 12.5. The molecule has 200 valence electrons. The molecule has 2 N–H and O–H groups in total. The van der Waals surface area contributed by atoms with E-state index in [4.69, 9.17) is 21.1 Å². The highest BCUT2D eigenvalue weighted by Crippen LogP contribution is 2.32. The molecule has 0 aliphatic heterocycles. The molecule has 0 spiro atoms. The third kappa shape index (κ3) is 8.92. The summed E-state index contributed by atoms with van der Waals surface area (Å²) in [7, 11) is 0. The molecule has 3 aromatic carbocycles. The summed E-state index contributed by atoms with van der Waals surface area (Å²) < 4.78 is 11.1. The fourth-order valence-corrected chi connectivity index (χ4v) is 3.86. The average Bonchev–Trinajstić information content (AvgIpc) is 2.86. The van der Waals surface area contributed by atoms with Crippen LogP contribution in [0.15, 0.2) is 60.7 Å². The summed E-state index contributed by atoms with van der Waals surface area (Å²) in [5.41, 5.74) is 4.28. The van der Waals surface area contributed by atoms with Gasteiger partial charge in [0.25, 0.3) is 5.91 Å². The largest absolute Gasteiger partial charge is 0.457 e. The molecule has 0 fully saturated rings. The fourth-order valence-electron chi connectivity index (χ4n) is 3.69. The standard InChI is InChI=1S/C30H33ClN2O5/c1-19(2)25-15-8-20(3)16-27(25)38-24-13-11-23(12-14-24)32-28(34)6-5-7-30(36)37-18-29(35)33-26-17-22(31)10-9-21(26)4/h8-17,19H,5-7,18H2,1-4H3,(H,32,34)(H,33,35). The molecule has 38 heavy (non-hydrogen) atoms. The maximum Gasteiger partial charge on any atom is 0.306 e. The topological polar surface area (TPSA) is 93.7 Å². The first-order valence-corrected chi connectivity index (χ1v) is 12.9. The molecular weight excluding hydrogens is 504 g/mol. The Kier molecular flexibility index (Phi) is 10.3. The van der Waals surface area contributed by atoms with Crippen molar-refractivity contribution in [3.8, 4) is 11.5 Å². The second-order valence-corrected chi connectivity index (χ2v) is 9.83. The number of halogens is 1. The molecule has 3 rings (SSSR count). The van der Waals surface area contributed by atoms with Gasteiger partial charge in [0.2, 0.25) is 5.91 Å². The molecule has 0 aromatic heterocycles. The van der Waals surface area contributed by atoms with E-state index < -0.39 is 18.5 Å². The van der Waals surface area contributed by atoms with Crippen LogP contribution in [-0.2, 0) is 19.1 Å². The van der Waals surface area contributed by atoms with E-state index in [1.54, 1.807) is 42.5 Å². The lowest BCUT2D eigenvalue weighted by molar-refractivity contribution is -0.147. The molecular formula is C30H33ClN2O5. The lowest BCUT2D eigenvalue weighted by atomic mass is 10.0. The van der Waals surface area contributed by atoms with Gasteiger partial charge in [-0.3, -0.25) is 14.4 Å². The van der Waals surface area contributed by atoms with Gasteiger partial charge < -0.3 is 20.1 Å². The van der Waals surface area contributed by atoms with Crippen molar-refractivity contribution >= 4 is 40.8 Å². The van der Waals surface area contributed by atoms with E-state index in [1.807, 2.05) is 19.9 Å². The van der Waals surface area contributed by atoms with E-state index in [0.29, 0.717) is 34.5 Å². The average molecular weight is 537 g/mol. The number of anilines is 2. The predicted molar refractivity (Wildman–Crippen MR) is 150 cm³/mol. The molecule has 2 amide bonds. The zero-order valence-electron chi connectivity index (χ0n) is 22.1. The molecule has 3 aromatic rings. The zero-order valence-corrected chi connectivity index (χ0v) is 22.9. The number of carbonyl (C=O) groups excluding carboxylic acids is 3. The van der Waals surface area contributed by atoms with E-state index >= 15 is 0 Å². The van der Waals surface area contributed by atoms with Crippen LogP contribution in [0.5, 0.6) is 11.5 Å². The van der Waals surface area contributed by atoms with Crippen molar-refractivity contribution in [2.75, 3.05) is 17.2 Å². The molecule has 7 nitrogen and oxygen atoms in total. The highest BCUT2D eigenvalue weighted by molar-refractivity contribution is 6.31. The van der Waals surface area contributed by atoms with Crippen LogP contribution < -0.4 is 15.4 Å². The minimum atomic E-state index is -0.547. The minimum absolute atomic E-state index is 0.0261. The van der Waals surface area contributed by atoms with Crippen molar-refractivity contribution in [2.45, 2.75) is 52.9 Å². The van der Waals surface area contributed by atoms with Gasteiger partial charge in [0, 0.05) is 29.2 Å². The summed E-state index contributed by atoms with van der Waals surface area (Å²) in [5.74, 6) is 0.595. The number of nitrogens with one attached hydrogen (secondary N) is 2. The van der Waals surface area contributed by atoms with Crippen molar-refractivity contribution in [1.29, 1.82) is 0 Å². The third-order valence-corrected chi connectivity index (χ3v) is 6.01. The van der Waals surface area contributed by atoms with Gasteiger partial charge in [0.05, 0.1) is 0 Å². The van der Waals surface area contributed by atoms with Gasteiger partial charge in [-0.2, -0.15) is 0 Å². The Hall–Kier alpha value is -3.84. The predicted octanol–water partition coefficient (Wildman–Crippen LogP) is 7.16. The fraction of sp³-hybridized carbons (Fsp3) is 0.300. The van der Waals surface area contributed by atoms with E-state index in [2.05, 4.69) is 36.6 Å². The minimum Gasteiger partial charge on any atom is -0.457 e. The molecule has 0 unspecified atom stereocenters. The quantitative estimate of drug-likeness (QED) is 0.253. The Bertz CT molecular complexity index is 1290. The molecule has 0 atom stereocenters. The first kappa shape index (κ1) is 28.7. The Balaban J connectivity index is 1.38. The molecule has 0 heterocycles. The van der Waals surface area contributed by atoms with Gasteiger partial charge in [-0.1, -0.05) is 43.6 Å². The third-order valence-electron chi connectivity index (χ3n) is 5.78. The Morgan fingerprint density at radius 3 is 2.32 bits per heavy atom. The number of amides is 2. The summed E-state index contributed by atoms with van der Waals surface area (Å²) in [6.07, 6.45) is 0.465. The number of rotatable bonds is 11. The lowest BCUT2D eigenvalue weighted by Gasteiger charge is -2.15. The van der Waals surface area contributed by atoms with E-state index in [1.165, 1.54) is 0 Å². The second kappa shape index (κ2) is 13.6. The van der Waals surface area contributed by atoms with Crippen molar-refractivity contribution in [1.82, 2.24) is 0 Å². The monoisotopic (exact) mass is 536 g/mol. The number of hydrogen-bond donors (Lipinski definition) is 2. The van der Waals surface area contributed by atoms with E-state index in [9.17, 15) is 14.4 Å². The highest BCUT2D eigenvalue weighted by atomic mass is 35.5. The molecule has 0 radical (unpaired) electrons. The summed E-state index contributed by atoms with van der Waals surface area (Å²) >= 11 is 5.94. The number of hydrogen-bond acceptors (Lipinski definition) is 5. The zero-order chi connectivity index (χ0) is 27.7. The van der Waals surface area contributed by atoms with Gasteiger partial charge in [-0.05, 0) is 85.3 Å². The SMILES string of the molecule is Cc1ccc(C(C)C)c(Oc2ccc(NC(=O)CCCC(=O)OCC(=O)Nc3cc(Cl)ccc3C)cc2)c1. The van der Waals surface area contributed by atoms with Gasteiger partial charge in [-0.15, -0.1) is 0 Å². The van der Waals surface area contributed by atoms with Crippen LogP contribution in [-0.4, -0.2) is 24.4 Å². The summed E-state index contributed by atoms with van der Waals surface area (Å²) in [6, 6.07) is 18.4. The van der Waals surface area contributed by atoms with Crippen LogP contribution in [0.4, 0.5) is 11.4 Å². The van der Waals surface area contributed by atoms with Gasteiger partial charge in [-0.25, -0.2) is 0 Å². The first-order chi connectivity index (χ1) is 18.1. The lowest BCUT2D eigenvalue weighted by Crippen LogP contribution is -2.21. The summed E-state index contributed by atoms with van der Waals surface area (Å²) in [5, 5.41) is 5.97. The van der Waals surface area contributed by atoms with Crippen molar-refractivity contribution in [3.05, 3.63) is 82.4 Å². The van der Waals surface area contributed by atoms with Crippen molar-refractivity contribution < 1.29 is 23.9 Å².